The van der Waals surface area contributed by atoms with Gasteiger partial charge in [0.15, 0.2) is 0 Å². The van der Waals surface area contributed by atoms with Crippen LogP contribution in [0.5, 0.6) is 11.5 Å². The molecule has 158 valence electrons. The molecule has 0 fully saturated rings. The molecular formula is C25H22O6. The lowest BCUT2D eigenvalue weighted by Crippen LogP contribution is -2.09. The molecule has 0 saturated carbocycles. The van der Waals surface area contributed by atoms with Gasteiger partial charge in [-0.05, 0) is 30.2 Å². The van der Waals surface area contributed by atoms with Crippen molar-refractivity contribution in [1.82, 2.24) is 0 Å². The van der Waals surface area contributed by atoms with E-state index in [-0.39, 0.29) is 5.56 Å². The van der Waals surface area contributed by atoms with Crippen LogP contribution in [0.4, 0.5) is 0 Å². The average Bonchev–Trinajstić information content (AvgIpc) is 2.77. The molecule has 0 heterocycles. The first-order chi connectivity index (χ1) is 14.9. The number of carboxylic acid groups (broad SMARTS) is 1. The zero-order chi connectivity index (χ0) is 22.2. The van der Waals surface area contributed by atoms with E-state index in [0.29, 0.717) is 30.8 Å². The van der Waals surface area contributed by atoms with E-state index in [2.05, 4.69) is 0 Å². The number of aliphatic carboxylic acids is 1. The average molecular weight is 418 g/mol. The van der Waals surface area contributed by atoms with Gasteiger partial charge in [0, 0.05) is 17.7 Å². The molecular weight excluding hydrogens is 396 g/mol. The van der Waals surface area contributed by atoms with Crippen LogP contribution in [0.3, 0.4) is 0 Å². The van der Waals surface area contributed by atoms with Crippen LogP contribution in [-0.2, 0) is 22.8 Å². The Bertz CT molecular complexity index is 1100. The van der Waals surface area contributed by atoms with Gasteiger partial charge in [-0.1, -0.05) is 60.2 Å². The van der Waals surface area contributed by atoms with Crippen molar-refractivity contribution in [2.75, 3.05) is 0 Å². The number of benzene rings is 3. The van der Waals surface area contributed by atoms with E-state index in [9.17, 15) is 14.7 Å². The molecule has 0 radical (unpaired) electrons. The molecule has 3 rings (SSSR count). The molecule has 0 aliphatic heterocycles. The van der Waals surface area contributed by atoms with Crippen LogP contribution in [0, 0.1) is 6.92 Å². The topological polar surface area (TPSA) is 93.1 Å². The lowest BCUT2D eigenvalue weighted by molar-refractivity contribution is -0.146. The van der Waals surface area contributed by atoms with E-state index >= 15 is 0 Å². The van der Waals surface area contributed by atoms with Gasteiger partial charge in [0.25, 0.3) is 5.78 Å². The maximum absolute atomic E-state index is 11.5. The lowest BCUT2D eigenvalue weighted by atomic mass is 10.1. The van der Waals surface area contributed by atoms with Crippen LogP contribution in [-0.4, -0.2) is 22.0 Å². The van der Waals surface area contributed by atoms with Crippen molar-refractivity contribution in [2.24, 2.45) is 0 Å². The van der Waals surface area contributed by atoms with E-state index in [0.717, 1.165) is 16.7 Å². The molecule has 0 spiro atoms. The van der Waals surface area contributed by atoms with Crippen molar-refractivity contribution in [3.8, 4) is 11.5 Å². The fourth-order valence-electron chi connectivity index (χ4n) is 2.87. The summed E-state index contributed by atoms with van der Waals surface area (Å²) in [5, 5.41) is 19.0. The Morgan fingerprint density at radius 2 is 1.42 bits per heavy atom. The molecule has 0 amide bonds. The third-order valence-electron chi connectivity index (χ3n) is 4.39. The Morgan fingerprint density at radius 3 is 2.03 bits per heavy atom. The summed E-state index contributed by atoms with van der Waals surface area (Å²) in [6.07, 6.45) is 0.656. The zero-order valence-electron chi connectivity index (χ0n) is 16.9. The minimum Gasteiger partial charge on any atom is -0.507 e. The molecule has 2 N–H and O–H groups in total. The molecule has 6 heteroatoms. The first-order valence-electron chi connectivity index (χ1n) is 9.59. The summed E-state index contributed by atoms with van der Waals surface area (Å²) in [6, 6.07) is 22.1. The van der Waals surface area contributed by atoms with E-state index in [1.54, 1.807) is 6.07 Å². The van der Waals surface area contributed by atoms with Gasteiger partial charge in [0.1, 0.15) is 30.5 Å². The molecule has 6 nitrogen and oxygen atoms in total. The molecule has 0 aliphatic carbocycles. The van der Waals surface area contributed by atoms with Crippen molar-refractivity contribution in [3.63, 3.8) is 0 Å². The van der Waals surface area contributed by atoms with Gasteiger partial charge in [-0.2, -0.15) is 0 Å². The van der Waals surface area contributed by atoms with Gasteiger partial charge in [0.2, 0.25) is 0 Å². The summed E-state index contributed by atoms with van der Waals surface area (Å²) < 4.78 is 11.7. The third kappa shape index (κ3) is 6.47. The molecule has 0 aliphatic rings. The number of carbonyl (C=O) groups excluding carboxylic acids is 1. The van der Waals surface area contributed by atoms with Gasteiger partial charge in [0.05, 0.1) is 0 Å². The highest BCUT2D eigenvalue weighted by molar-refractivity contribution is 6.38. The summed E-state index contributed by atoms with van der Waals surface area (Å²) in [6.45, 7) is 2.57. The van der Waals surface area contributed by atoms with Crippen molar-refractivity contribution >= 4 is 17.5 Å². The monoisotopic (exact) mass is 418 g/mol. The molecule has 0 saturated heterocycles. The highest BCUT2D eigenvalue weighted by Gasteiger charge is 2.13. The predicted molar refractivity (Wildman–Crippen MR) is 116 cm³/mol. The number of aliphatic hydroxyl groups excluding tert-OH is 1. The summed E-state index contributed by atoms with van der Waals surface area (Å²) in [4.78, 5) is 22.2. The summed E-state index contributed by atoms with van der Waals surface area (Å²) >= 11 is 0. The van der Waals surface area contributed by atoms with Gasteiger partial charge < -0.3 is 19.7 Å². The standard InChI is InChI=1S/C25H22O6/c1-17-6-5-9-19(10-17)16-31-22-12-20(23(26)14-24(27)25(28)29)11-21(13-22)30-15-18-7-3-2-4-8-18/h2-14,26H,15-16H2,1H3,(H,28,29). The number of carbonyl (C=O) groups is 2. The van der Waals surface area contributed by atoms with E-state index in [4.69, 9.17) is 14.6 Å². The Hall–Kier alpha value is -4.06. The molecule has 0 aromatic heterocycles. The fraction of sp³-hybridized carbons (Fsp3) is 0.120. The SMILES string of the molecule is Cc1cccc(COc2cc(OCc3ccccc3)cc(C(O)=CC(=O)C(=O)O)c2)c1. The van der Waals surface area contributed by atoms with Crippen LogP contribution in [0.1, 0.15) is 22.3 Å². The lowest BCUT2D eigenvalue weighted by Gasteiger charge is -2.13. The van der Waals surface area contributed by atoms with Gasteiger partial charge in [-0.25, -0.2) is 4.79 Å². The van der Waals surface area contributed by atoms with Crippen molar-refractivity contribution in [3.05, 3.63) is 101 Å². The zero-order valence-corrected chi connectivity index (χ0v) is 16.9. The van der Waals surface area contributed by atoms with E-state index < -0.39 is 17.5 Å². The van der Waals surface area contributed by atoms with Crippen LogP contribution in [0.15, 0.2) is 78.9 Å². The third-order valence-corrected chi connectivity index (χ3v) is 4.39. The number of rotatable bonds is 9. The predicted octanol–water partition coefficient (Wildman–Crippen LogP) is 4.71. The quantitative estimate of drug-likeness (QED) is 0.297. The highest BCUT2D eigenvalue weighted by Crippen LogP contribution is 2.28. The number of ketones is 1. The van der Waals surface area contributed by atoms with Crippen LogP contribution >= 0.6 is 0 Å². The second-order valence-corrected chi connectivity index (χ2v) is 6.94. The van der Waals surface area contributed by atoms with Crippen LogP contribution in [0.25, 0.3) is 5.76 Å². The second kappa shape index (κ2) is 10.1. The Kier molecular flexibility index (Phi) is 7.06. The smallest absolute Gasteiger partial charge is 0.376 e. The van der Waals surface area contributed by atoms with Gasteiger partial charge >= 0.3 is 5.97 Å². The minimum absolute atomic E-state index is 0.208. The number of carboxylic acids is 1. The van der Waals surface area contributed by atoms with E-state index in [1.807, 2.05) is 61.5 Å². The number of hydrogen-bond donors (Lipinski definition) is 2. The van der Waals surface area contributed by atoms with Crippen molar-refractivity contribution < 1.29 is 29.3 Å². The van der Waals surface area contributed by atoms with Crippen molar-refractivity contribution in [2.45, 2.75) is 20.1 Å². The maximum Gasteiger partial charge on any atom is 0.376 e. The van der Waals surface area contributed by atoms with Gasteiger partial charge in [-0.15, -0.1) is 0 Å². The summed E-state index contributed by atoms with van der Waals surface area (Å²) in [5.41, 5.74) is 3.24. The Labute approximate surface area is 180 Å². The molecule has 0 atom stereocenters. The molecule has 3 aromatic carbocycles. The summed E-state index contributed by atoms with van der Waals surface area (Å²) in [5.74, 6) is -2.56. The van der Waals surface area contributed by atoms with Gasteiger partial charge in [-0.3, -0.25) is 4.79 Å². The van der Waals surface area contributed by atoms with Crippen LogP contribution in [0.2, 0.25) is 0 Å². The Morgan fingerprint density at radius 1 is 0.806 bits per heavy atom. The number of hydrogen-bond acceptors (Lipinski definition) is 5. The second-order valence-electron chi connectivity index (χ2n) is 6.94. The first kappa shape index (κ1) is 21.6. The number of ether oxygens (including phenoxy) is 2. The molecule has 3 aromatic rings. The minimum atomic E-state index is -1.65. The van der Waals surface area contributed by atoms with Crippen molar-refractivity contribution in [1.29, 1.82) is 0 Å². The Balaban J connectivity index is 1.85. The number of aliphatic hydroxyl groups is 1. The van der Waals surface area contributed by atoms with E-state index in [1.165, 1.54) is 12.1 Å². The molecule has 0 unspecified atom stereocenters. The maximum atomic E-state index is 11.5. The summed E-state index contributed by atoms with van der Waals surface area (Å²) in [7, 11) is 0. The largest absolute Gasteiger partial charge is 0.507 e. The molecule has 31 heavy (non-hydrogen) atoms. The number of aryl methyl sites for hydroxylation is 1. The molecule has 0 bridgehead atoms. The first-order valence-corrected chi connectivity index (χ1v) is 9.59. The normalized spacial score (nSPS) is 11.1. The highest BCUT2D eigenvalue weighted by atomic mass is 16.5. The fourth-order valence-corrected chi connectivity index (χ4v) is 2.87. The van der Waals surface area contributed by atoms with Crippen LogP contribution < -0.4 is 9.47 Å².